The molecule has 6 nitrogen and oxygen atoms in total. The van der Waals surface area contributed by atoms with Crippen LogP contribution in [0.2, 0.25) is 0 Å². The standard InChI is InChI=1S/C16H26FN3O3/c1-6-10(2)13(19-15(22)23-16(3,4)5)14(21)20-8-7-11(17)12(20)9-18/h10-13H,6-8H2,1-5H3,(H,19,22)/t10-,11-,12-,13-/m0/s1. The molecule has 0 aliphatic carbocycles. The molecular formula is C16H26FN3O3. The SMILES string of the molecule is CC[C@H](C)[C@H](NC(=O)OC(C)(C)C)C(=O)N1CC[C@H](F)[C@@H]1C#N. The van der Waals surface area contributed by atoms with Crippen molar-refractivity contribution in [2.24, 2.45) is 5.92 Å². The molecule has 0 unspecified atom stereocenters. The largest absolute Gasteiger partial charge is 0.444 e. The molecule has 0 bridgehead atoms. The van der Waals surface area contributed by atoms with Crippen molar-refractivity contribution in [3.8, 4) is 6.07 Å². The van der Waals surface area contributed by atoms with Crippen molar-refractivity contribution in [1.82, 2.24) is 10.2 Å². The first kappa shape index (κ1) is 19.2. The number of nitrogens with one attached hydrogen (secondary N) is 1. The van der Waals surface area contributed by atoms with Crippen LogP contribution in [0.15, 0.2) is 0 Å². The number of nitriles is 1. The Bertz CT molecular complexity index is 484. The molecule has 1 rings (SSSR count). The lowest BCUT2D eigenvalue weighted by Gasteiger charge is -2.30. The molecule has 0 aromatic rings. The van der Waals surface area contributed by atoms with E-state index in [0.29, 0.717) is 6.42 Å². The van der Waals surface area contributed by atoms with Gasteiger partial charge in [-0.3, -0.25) is 4.79 Å². The van der Waals surface area contributed by atoms with E-state index in [1.165, 1.54) is 4.90 Å². The molecule has 0 aromatic heterocycles. The van der Waals surface area contributed by atoms with Gasteiger partial charge in [0.05, 0.1) is 6.07 Å². The predicted octanol–water partition coefficient (Wildman–Crippen LogP) is 2.39. The highest BCUT2D eigenvalue weighted by atomic mass is 19.1. The zero-order valence-corrected chi connectivity index (χ0v) is 14.4. The Morgan fingerprint density at radius 3 is 2.57 bits per heavy atom. The Labute approximate surface area is 137 Å². The first-order valence-electron chi connectivity index (χ1n) is 7.94. The number of alkyl carbamates (subject to hydrolysis) is 1. The van der Waals surface area contributed by atoms with Crippen LogP contribution >= 0.6 is 0 Å². The van der Waals surface area contributed by atoms with Gasteiger partial charge in [0.25, 0.3) is 0 Å². The highest BCUT2D eigenvalue weighted by Crippen LogP contribution is 2.23. The van der Waals surface area contributed by atoms with Crippen LogP contribution in [-0.2, 0) is 9.53 Å². The van der Waals surface area contributed by atoms with Gasteiger partial charge >= 0.3 is 6.09 Å². The maximum atomic E-state index is 13.7. The number of hydrogen-bond donors (Lipinski definition) is 1. The molecule has 1 saturated heterocycles. The van der Waals surface area contributed by atoms with Gasteiger partial charge in [0, 0.05) is 6.54 Å². The van der Waals surface area contributed by atoms with Crippen LogP contribution in [0.4, 0.5) is 9.18 Å². The summed E-state index contributed by atoms with van der Waals surface area (Å²) >= 11 is 0. The average molecular weight is 327 g/mol. The van der Waals surface area contributed by atoms with Crippen LogP contribution in [0.5, 0.6) is 0 Å². The number of rotatable bonds is 4. The van der Waals surface area contributed by atoms with E-state index in [9.17, 15) is 14.0 Å². The zero-order chi connectivity index (χ0) is 17.8. The van der Waals surface area contributed by atoms with Gasteiger partial charge in [0.2, 0.25) is 5.91 Å². The first-order chi connectivity index (χ1) is 10.6. The van der Waals surface area contributed by atoms with Crippen molar-refractivity contribution in [2.45, 2.75) is 71.3 Å². The topological polar surface area (TPSA) is 82.4 Å². The molecular weight excluding hydrogens is 301 g/mol. The van der Waals surface area contributed by atoms with E-state index in [2.05, 4.69) is 5.32 Å². The number of halogens is 1. The number of amides is 2. The fraction of sp³-hybridized carbons (Fsp3) is 0.812. The Kier molecular flexibility index (Phi) is 6.37. The normalized spacial score (nSPS) is 23.8. The molecule has 1 aliphatic heterocycles. The van der Waals surface area contributed by atoms with Gasteiger partial charge in [-0.15, -0.1) is 0 Å². The van der Waals surface area contributed by atoms with Gasteiger partial charge in [-0.2, -0.15) is 5.26 Å². The molecule has 2 amide bonds. The molecule has 23 heavy (non-hydrogen) atoms. The van der Waals surface area contributed by atoms with E-state index in [1.807, 2.05) is 19.9 Å². The molecule has 0 spiro atoms. The van der Waals surface area contributed by atoms with Gasteiger partial charge in [0.15, 0.2) is 6.04 Å². The summed E-state index contributed by atoms with van der Waals surface area (Å²) in [6, 6.07) is -0.0913. The Morgan fingerprint density at radius 2 is 2.09 bits per heavy atom. The minimum atomic E-state index is -1.34. The first-order valence-corrected chi connectivity index (χ1v) is 7.94. The summed E-state index contributed by atoms with van der Waals surface area (Å²) in [5, 5.41) is 11.6. The Hall–Kier alpha value is -1.84. The number of hydrogen-bond acceptors (Lipinski definition) is 4. The summed E-state index contributed by atoms with van der Waals surface area (Å²) in [5.41, 5.74) is -0.681. The minimum absolute atomic E-state index is 0.142. The summed E-state index contributed by atoms with van der Waals surface area (Å²) < 4.78 is 18.9. The van der Waals surface area contributed by atoms with Gasteiger partial charge < -0.3 is 15.0 Å². The summed E-state index contributed by atoms with van der Waals surface area (Å²) in [7, 11) is 0. The molecule has 7 heteroatoms. The average Bonchev–Trinajstić information content (AvgIpc) is 2.82. The second-order valence-corrected chi connectivity index (χ2v) is 6.92. The molecule has 0 aromatic carbocycles. The highest BCUT2D eigenvalue weighted by Gasteiger charge is 2.41. The molecule has 1 N–H and O–H groups in total. The van der Waals surface area contributed by atoms with Crippen molar-refractivity contribution in [3.63, 3.8) is 0 Å². The zero-order valence-electron chi connectivity index (χ0n) is 14.4. The van der Waals surface area contributed by atoms with E-state index in [0.717, 1.165) is 0 Å². The maximum Gasteiger partial charge on any atom is 0.408 e. The van der Waals surface area contributed by atoms with Gasteiger partial charge in [-0.05, 0) is 33.1 Å². The second kappa shape index (κ2) is 7.62. The molecule has 1 aliphatic rings. The number of ether oxygens (including phenoxy) is 1. The predicted molar refractivity (Wildman–Crippen MR) is 83.2 cm³/mol. The summed E-state index contributed by atoms with van der Waals surface area (Å²) in [4.78, 5) is 25.9. The van der Waals surface area contributed by atoms with Crippen LogP contribution in [0.25, 0.3) is 0 Å². The molecule has 0 radical (unpaired) electrons. The summed E-state index contributed by atoms with van der Waals surface area (Å²) in [5.74, 6) is -0.593. The van der Waals surface area contributed by atoms with Gasteiger partial charge in [0.1, 0.15) is 17.8 Å². The summed E-state index contributed by atoms with van der Waals surface area (Å²) in [6.07, 6.45) is -1.25. The molecule has 1 fully saturated rings. The van der Waals surface area contributed by atoms with Crippen LogP contribution < -0.4 is 5.32 Å². The van der Waals surface area contributed by atoms with E-state index in [4.69, 9.17) is 10.00 Å². The molecule has 130 valence electrons. The van der Waals surface area contributed by atoms with Crippen LogP contribution in [0, 0.1) is 17.2 Å². The summed E-state index contributed by atoms with van der Waals surface area (Å²) in [6.45, 7) is 9.09. The smallest absolute Gasteiger partial charge is 0.408 e. The lowest BCUT2D eigenvalue weighted by molar-refractivity contribution is -0.135. The number of nitrogens with zero attached hydrogens (tertiary/aromatic N) is 2. The molecule has 0 saturated carbocycles. The van der Waals surface area contributed by atoms with E-state index >= 15 is 0 Å². The van der Waals surface area contributed by atoms with Crippen molar-refractivity contribution in [1.29, 1.82) is 5.26 Å². The number of carbonyl (C=O) groups excluding carboxylic acids is 2. The third kappa shape index (κ3) is 5.08. The third-order valence-corrected chi connectivity index (χ3v) is 3.89. The van der Waals surface area contributed by atoms with Crippen molar-refractivity contribution < 1.29 is 18.7 Å². The Morgan fingerprint density at radius 1 is 1.48 bits per heavy atom. The second-order valence-electron chi connectivity index (χ2n) is 6.92. The van der Waals surface area contributed by atoms with Gasteiger partial charge in [-0.25, -0.2) is 9.18 Å². The fourth-order valence-corrected chi connectivity index (χ4v) is 2.45. The molecule has 4 atom stereocenters. The van der Waals surface area contributed by atoms with Crippen LogP contribution in [-0.4, -0.2) is 47.3 Å². The van der Waals surface area contributed by atoms with Gasteiger partial charge in [-0.1, -0.05) is 20.3 Å². The number of likely N-dealkylation sites (tertiary alicyclic amines) is 1. The number of carbonyl (C=O) groups is 2. The van der Waals surface area contributed by atoms with Crippen LogP contribution in [0.3, 0.4) is 0 Å². The lowest BCUT2D eigenvalue weighted by atomic mass is 9.97. The quantitative estimate of drug-likeness (QED) is 0.859. The number of alkyl halides is 1. The Balaban J connectivity index is 2.88. The maximum absolute atomic E-state index is 13.7. The monoisotopic (exact) mass is 327 g/mol. The van der Waals surface area contributed by atoms with E-state index in [-0.39, 0.29) is 18.9 Å². The minimum Gasteiger partial charge on any atom is -0.444 e. The third-order valence-electron chi connectivity index (χ3n) is 3.89. The molecule has 1 heterocycles. The highest BCUT2D eigenvalue weighted by molar-refractivity contribution is 5.86. The van der Waals surface area contributed by atoms with Crippen LogP contribution in [0.1, 0.15) is 47.5 Å². The fourth-order valence-electron chi connectivity index (χ4n) is 2.45. The van der Waals surface area contributed by atoms with Crippen molar-refractivity contribution >= 4 is 12.0 Å². The van der Waals surface area contributed by atoms with E-state index < -0.39 is 35.9 Å². The van der Waals surface area contributed by atoms with Crippen molar-refractivity contribution in [3.05, 3.63) is 0 Å². The lowest BCUT2D eigenvalue weighted by Crippen LogP contribution is -2.54. The van der Waals surface area contributed by atoms with Crippen molar-refractivity contribution in [2.75, 3.05) is 6.54 Å². The van der Waals surface area contributed by atoms with E-state index in [1.54, 1.807) is 20.8 Å².